The first-order valence-electron chi connectivity index (χ1n) is 5.90. The zero-order valence-electron chi connectivity index (χ0n) is 10.8. The molecule has 1 unspecified atom stereocenters. The summed E-state index contributed by atoms with van der Waals surface area (Å²) in [6.07, 6.45) is -0.527. The quantitative estimate of drug-likeness (QED) is 0.850. The first-order valence-corrected chi connectivity index (χ1v) is 5.90. The second-order valence-corrected chi connectivity index (χ2v) is 4.41. The monoisotopic (exact) mass is 261 g/mol. The van der Waals surface area contributed by atoms with Gasteiger partial charge in [-0.3, -0.25) is 14.5 Å². The first kappa shape index (κ1) is 13.1. The van der Waals surface area contributed by atoms with E-state index in [1.54, 1.807) is 31.3 Å². The zero-order chi connectivity index (χ0) is 14.0. The van der Waals surface area contributed by atoms with Gasteiger partial charge in [0, 0.05) is 19.7 Å². The molecule has 1 N–H and O–H groups in total. The molecule has 19 heavy (non-hydrogen) atoms. The molecule has 0 saturated carbocycles. The Labute approximate surface area is 111 Å². The van der Waals surface area contributed by atoms with Gasteiger partial charge < -0.3 is 10.2 Å². The minimum atomic E-state index is -0.607. The van der Waals surface area contributed by atoms with Crippen molar-refractivity contribution in [2.24, 2.45) is 0 Å². The molecule has 0 spiro atoms. The molecule has 6 heteroatoms. The molecule has 0 radical (unpaired) electrons. The molecular weight excluding hydrogens is 246 g/mol. The van der Waals surface area contributed by atoms with E-state index in [-0.39, 0.29) is 18.2 Å². The molecule has 0 aromatic heterocycles. The third-order valence-corrected chi connectivity index (χ3v) is 3.13. The molecule has 1 aromatic rings. The summed E-state index contributed by atoms with van der Waals surface area (Å²) in [5.41, 5.74) is 0.495. The van der Waals surface area contributed by atoms with Gasteiger partial charge in [-0.2, -0.15) is 0 Å². The lowest BCUT2D eigenvalue weighted by Crippen LogP contribution is -2.59. The molecular formula is C13H15N3O3. The highest BCUT2D eigenvalue weighted by Crippen LogP contribution is 2.13. The van der Waals surface area contributed by atoms with Gasteiger partial charge in [-0.15, -0.1) is 0 Å². The molecule has 1 aliphatic rings. The maximum Gasteiger partial charge on any atom is 0.327 e. The number of nitrogens with zero attached hydrogens (tertiary/aromatic N) is 2. The van der Waals surface area contributed by atoms with Gasteiger partial charge in [-0.25, -0.2) is 4.79 Å². The fraction of sp³-hybridized carbons (Fsp3) is 0.308. The van der Waals surface area contributed by atoms with Crippen molar-refractivity contribution in [3.8, 4) is 0 Å². The molecule has 1 aliphatic heterocycles. The van der Waals surface area contributed by atoms with E-state index in [0.29, 0.717) is 5.56 Å². The normalized spacial score (nSPS) is 19.6. The van der Waals surface area contributed by atoms with Crippen molar-refractivity contribution in [3.63, 3.8) is 0 Å². The minimum Gasteiger partial charge on any atom is -0.331 e. The first-order chi connectivity index (χ1) is 9.00. The Hall–Kier alpha value is -2.37. The molecule has 1 fully saturated rings. The molecule has 6 nitrogen and oxygen atoms in total. The predicted molar refractivity (Wildman–Crippen MR) is 68.2 cm³/mol. The Kier molecular flexibility index (Phi) is 3.50. The number of hydrogen-bond donors (Lipinski definition) is 1. The predicted octanol–water partition coefficient (Wildman–Crippen LogP) is 0.656. The molecule has 2 rings (SSSR count). The highest BCUT2D eigenvalue weighted by Gasteiger charge is 2.35. The number of nitrogens with one attached hydrogen (secondary N) is 1. The van der Waals surface area contributed by atoms with Gasteiger partial charge in [-0.1, -0.05) is 18.2 Å². The molecule has 1 heterocycles. The summed E-state index contributed by atoms with van der Waals surface area (Å²) < 4.78 is 0. The molecule has 100 valence electrons. The van der Waals surface area contributed by atoms with Crippen LogP contribution >= 0.6 is 0 Å². The van der Waals surface area contributed by atoms with Crippen molar-refractivity contribution in [1.29, 1.82) is 0 Å². The van der Waals surface area contributed by atoms with Crippen molar-refractivity contribution in [3.05, 3.63) is 35.9 Å². The number of rotatable bonds is 2. The van der Waals surface area contributed by atoms with Gasteiger partial charge >= 0.3 is 6.03 Å². The fourth-order valence-corrected chi connectivity index (χ4v) is 1.89. The van der Waals surface area contributed by atoms with Crippen LogP contribution in [-0.2, 0) is 4.79 Å². The zero-order valence-corrected chi connectivity index (χ0v) is 10.8. The third-order valence-electron chi connectivity index (χ3n) is 3.13. The Bertz CT molecular complexity index is 515. The van der Waals surface area contributed by atoms with Crippen molar-refractivity contribution >= 4 is 17.8 Å². The van der Waals surface area contributed by atoms with Crippen LogP contribution in [0.1, 0.15) is 16.8 Å². The molecule has 1 saturated heterocycles. The van der Waals surface area contributed by atoms with E-state index >= 15 is 0 Å². The number of carbonyl (C=O) groups excluding carboxylic acids is 3. The van der Waals surface area contributed by atoms with E-state index in [4.69, 9.17) is 0 Å². The van der Waals surface area contributed by atoms with Crippen molar-refractivity contribution < 1.29 is 14.4 Å². The maximum absolute atomic E-state index is 12.0. The van der Waals surface area contributed by atoms with Gasteiger partial charge in [0.15, 0.2) is 0 Å². The minimum absolute atomic E-state index is 0.0807. The van der Waals surface area contributed by atoms with Crippen LogP contribution in [0.5, 0.6) is 0 Å². The lowest BCUT2D eigenvalue weighted by molar-refractivity contribution is -0.131. The Morgan fingerprint density at radius 3 is 2.47 bits per heavy atom. The summed E-state index contributed by atoms with van der Waals surface area (Å²) in [5.74, 6) is -0.607. The second kappa shape index (κ2) is 5.09. The van der Waals surface area contributed by atoms with Crippen LogP contribution in [0.3, 0.4) is 0 Å². The highest BCUT2D eigenvalue weighted by atomic mass is 16.2. The Balaban J connectivity index is 2.09. The maximum atomic E-state index is 12.0. The summed E-state index contributed by atoms with van der Waals surface area (Å²) in [6.45, 7) is 0. The van der Waals surface area contributed by atoms with Crippen LogP contribution in [0.25, 0.3) is 0 Å². The number of imide groups is 1. The van der Waals surface area contributed by atoms with Crippen molar-refractivity contribution in [2.75, 3.05) is 14.1 Å². The molecule has 0 bridgehead atoms. The average Bonchev–Trinajstić information content (AvgIpc) is 2.43. The Morgan fingerprint density at radius 2 is 1.84 bits per heavy atom. The van der Waals surface area contributed by atoms with E-state index in [2.05, 4.69) is 5.32 Å². The van der Waals surface area contributed by atoms with Gasteiger partial charge in [0.2, 0.25) is 5.91 Å². The van der Waals surface area contributed by atoms with Crippen molar-refractivity contribution in [2.45, 2.75) is 12.6 Å². The van der Waals surface area contributed by atoms with Crippen molar-refractivity contribution in [1.82, 2.24) is 15.1 Å². The summed E-state index contributed by atoms with van der Waals surface area (Å²) in [7, 11) is 2.98. The summed E-state index contributed by atoms with van der Waals surface area (Å²) in [4.78, 5) is 37.7. The van der Waals surface area contributed by atoms with E-state index in [1.807, 2.05) is 6.07 Å². The van der Waals surface area contributed by atoms with E-state index < -0.39 is 12.2 Å². The number of amides is 4. The van der Waals surface area contributed by atoms with Crippen LogP contribution in [-0.4, -0.2) is 47.9 Å². The molecule has 1 atom stereocenters. The lowest BCUT2D eigenvalue weighted by Gasteiger charge is -2.36. The van der Waals surface area contributed by atoms with Crippen LogP contribution in [0.15, 0.2) is 30.3 Å². The van der Waals surface area contributed by atoms with Crippen LogP contribution in [0.4, 0.5) is 4.79 Å². The molecule has 0 aliphatic carbocycles. The third kappa shape index (κ3) is 2.57. The number of benzene rings is 1. The van der Waals surface area contributed by atoms with Gasteiger partial charge in [0.05, 0.1) is 6.42 Å². The van der Waals surface area contributed by atoms with E-state index in [9.17, 15) is 14.4 Å². The Morgan fingerprint density at radius 1 is 1.21 bits per heavy atom. The number of carbonyl (C=O) groups is 3. The van der Waals surface area contributed by atoms with Gasteiger partial charge in [0.25, 0.3) is 5.91 Å². The largest absolute Gasteiger partial charge is 0.331 e. The van der Waals surface area contributed by atoms with E-state index in [1.165, 1.54) is 11.9 Å². The summed E-state index contributed by atoms with van der Waals surface area (Å²) in [5, 5.41) is 2.68. The summed E-state index contributed by atoms with van der Waals surface area (Å²) >= 11 is 0. The standard InChI is InChI=1S/C13H15N3O3/c1-15-10(8-11(17)16(2)13(15)19)14-12(18)9-6-4-3-5-7-9/h3-7,10H,8H2,1-2H3,(H,14,18). The second-order valence-electron chi connectivity index (χ2n) is 4.41. The summed E-state index contributed by atoms with van der Waals surface area (Å²) in [6, 6.07) is 8.25. The molecule has 4 amide bonds. The van der Waals surface area contributed by atoms with Gasteiger partial charge in [-0.05, 0) is 12.1 Å². The highest BCUT2D eigenvalue weighted by molar-refractivity contribution is 5.99. The molecule has 1 aromatic carbocycles. The van der Waals surface area contributed by atoms with Crippen LogP contribution in [0.2, 0.25) is 0 Å². The number of urea groups is 1. The number of hydrogen-bond acceptors (Lipinski definition) is 3. The smallest absolute Gasteiger partial charge is 0.327 e. The van der Waals surface area contributed by atoms with Crippen LogP contribution < -0.4 is 5.32 Å². The average molecular weight is 261 g/mol. The topological polar surface area (TPSA) is 69.7 Å². The van der Waals surface area contributed by atoms with Crippen LogP contribution in [0, 0.1) is 0 Å². The fourth-order valence-electron chi connectivity index (χ4n) is 1.89. The van der Waals surface area contributed by atoms with Gasteiger partial charge in [0.1, 0.15) is 6.17 Å². The van der Waals surface area contributed by atoms with E-state index in [0.717, 1.165) is 4.90 Å². The SMILES string of the molecule is CN1C(=O)CC(NC(=O)c2ccccc2)N(C)C1=O. The lowest BCUT2D eigenvalue weighted by atomic mass is 10.2.